The van der Waals surface area contributed by atoms with Gasteiger partial charge in [0, 0.05) is 30.0 Å². The van der Waals surface area contributed by atoms with Crippen LogP contribution in [-0.2, 0) is 0 Å². The van der Waals surface area contributed by atoms with Crippen molar-refractivity contribution in [3.05, 3.63) is 24.0 Å². The van der Waals surface area contributed by atoms with Gasteiger partial charge in [-0.25, -0.2) is 0 Å². The molecule has 4 heteroatoms. The Labute approximate surface area is 102 Å². The predicted molar refractivity (Wildman–Crippen MR) is 67.7 cm³/mol. The van der Waals surface area contributed by atoms with Crippen LogP contribution in [0.15, 0.2) is 18.5 Å². The predicted octanol–water partition coefficient (Wildman–Crippen LogP) is 1.48. The first-order valence-electron chi connectivity index (χ1n) is 6.03. The highest BCUT2D eigenvalue weighted by Crippen LogP contribution is 2.38. The fourth-order valence-electron chi connectivity index (χ4n) is 2.52. The lowest BCUT2D eigenvalue weighted by Gasteiger charge is -2.31. The van der Waals surface area contributed by atoms with E-state index in [-0.39, 0.29) is 11.2 Å². The lowest BCUT2D eigenvalue weighted by molar-refractivity contribution is 0.0740. The lowest BCUT2D eigenvalue weighted by atomic mass is 9.71. The van der Waals surface area contributed by atoms with Crippen molar-refractivity contribution in [1.29, 1.82) is 0 Å². The third kappa shape index (κ3) is 1.93. The van der Waals surface area contributed by atoms with Gasteiger partial charge in [0.15, 0.2) is 5.78 Å². The molecule has 4 nitrogen and oxygen atoms in total. The van der Waals surface area contributed by atoms with E-state index in [0.29, 0.717) is 17.2 Å². The standard InChI is InChI=1S/C13H19N3O/c1-9(2)13(4-6-16-8-13)12(17)10-7-15-5-3-11(10)14/h3,5,7,9,16H,4,6,8H2,1-2H3,(H2,14,15). The van der Waals surface area contributed by atoms with Gasteiger partial charge in [0.1, 0.15) is 0 Å². The Morgan fingerprint density at radius 3 is 2.88 bits per heavy atom. The first-order chi connectivity index (χ1) is 8.08. The molecule has 1 atom stereocenters. The molecule has 2 rings (SSSR count). The summed E-state index contributed by atoms with van der Waals surface area (Å²) in [6, 6.07) is 1.68. The Morgan fingerprint density at radius 2 is 2.35 bits per heavy atom. The van der Waals surface area contributed by atoms with Crippen molar-refractivity contribution in [1.82, 2.24) is 10.3 Å². The molecular formula is C13H19N3O. The highest BCUT2D eigenvalue weighted by atomic mass is 16.1. The minimum atomic E-state index is -0.322. The third-order valence-electron chi connectivity index (χ3n) is 3.85. The summed E-state index contributed by atoms with van der Waals surface area (Å²) in [4.78, 5) is 16.7. The van der Waals surface area contributed by atoms with E-state index in [1.165, 1.54) is 0 Å². The Balaban J connectivity index is 2.39. The van der Waals surface area contributed by atoms with Gasteiger partial charge in [-0.1, -0.05) is 13.8 Å². The number of carbonyl (C=O) groups excluding carboxylic acids is 1. The monoisotopic (exact) mass is 233 g/mol. The van der Waals surface area contributed by atoms with Gasteiger partial charge in [-0.2, -0.15) is 0 Å². The molecule has 3 N–H and O–H groups in total. The van der Waals surface area contributed by atoms with Gasteiger partial charge in [-0.3, -0.25) is 9.78 Å². The molecule has 1 fully saturated rings. The molecule has 1 aromatic heterocycles. The summed E-state index contributed by atoms with van der Waals surface area (Å²) in [7, 11) is 0. The fourth-order valence-corrected chi connectivity index (χ4v) is 2.52. The second-order valence-corrected chi connectivity index (χ2v) is 5.03. The molecule has 0 bridgehead atoms. The van der Waals surface area contributed by atoms with Gasteiger partial charge in [-0.05, 0) is 24.9 Å². The smallest absolute Gasteiger partial charge is 0.174 e. The Hall–Kier alpha value is -1.42. The lowest BCUT2D eigenvalue weighted by Crippen LogP contribution is -2.39. The van der Waals surface area contributed by atoms with Gasteiger partial charge in [0.05, 0.1) is 5.56 Å². The fraction of sp³-hybridized carbons (Fsp3) is 0.538. The number of nitrogens with zero attached hydrogens (tertiary/aromatic N) is 1. The largest absolute Gasteiger partial charge is 0.398 e. The Kier molecular flexibility index (Phi) is 3.15. The number of nitrogens with one attached hydrogen (secondary N) is 1. The number of hydrogen-bond acceptors (Lipinski definition) is 4. The average Bonchev–Trinajstić information content (AvgIpc) is 2.79. The number of ketones is 1. The average molecular weight is 233 g/mol. The number of anilines is 1. The van der Waals surface area contributed by atoms with Gasteiger partial charge >= 0.3 is 0 Å². The molecule has 0 amide bonds. The van der Waals surface area contributed by atoms with Crippen molar-refractivity contribution in [2.75, 3.05) is 18.8 Å². The molecule has 1 unspecified atom stereocenters. The van der Waals surface area contributed by atoms with Gasteiger partial charge in [0.2, 0.25) is 0 Å². The quantitative estimate of drug-likeness (QED) is 0.776. The van der Waals surface area contributed by atoms with E-state index in [9.17, 15) is 4.79 Å². The van der Waals surface area contributed by atoms with Crippen LogP contribution < -0.4 is 11.1 Å². The van der Waals surface area contributed by atoms with E-state index < -0.39 is 0 Å². The maximum Gasteiger partial charge on any atom is 0.174 e. The van der Waals surface area contributed by atoms with E-state index >= 15 is 0 Å². The van der Waals surface area contributed by atoms with Crippen LogP contribution >= 0.6 is 0 Å². The second-order valence-electron chi connectivity index (χ2n) is 5.03. The van der Waals surface area contributed by atoms with Crippen molar-refractivity contribution in [3.63, 3.8) is 0 Å². The number of carbonyl (C=O) groups is 1. The normalized spacial score (nSPS) is 24.2. The molecule has 0 radical (unpaired) electrons. The topological polar surface area (TPSA) is 68.0 Å². The first-order valence-corrected chi connectivity index (χ1v) is 6.03. The highest BCUT2D eigenvalue weighted by Gasteiger charge is 2.44. The molecule has 1 aliphatic heterocycles. The number of aromatic nitrogens is 1. The van der Waals surface area contributed by atoms with Gasteiger partial charge < -0.3 is 11.1 Å². The minimum absolute atomic E-state index is 0.128. The first kappa shape index (κ1) is 12.0. The van der Waals surface area contributed by atoms with Crippen LogP contribution in [-0.4, -0.2) is 23.9 Å². The highest BCUT2D eigenvalue weighted by molar-refractivity contribution is 6.04. The molecule has 1 aliphatic rings. The van der Waals surface area contributed by atoms with E-state index in [4.69, 9.17) is 5.73 Å². The van der Waals surface area contributed by atoms with Crippen LogP contribution in [0, 0.1) is 11.3 Å². The van der Waals surface area contributed by atoms with Crippen LogP contribution in [0.1, 0.15) is 30.6 Å². The number of Topliss-reactive ketones (excluding diaryl/α,β-unsaturated/α-hetero) is 1. The van der Waals surface area contributed by atoms with Crippen LogP contribution in [0.4, 0.5) is 5.69 Å². The molecule has 0 aliphatic carbocycles. The van der Waals surface area contributed by atoms with Gasteiger partial charge in [0.25, 0.3) is 0 Å². The molecule has 92 valence electrons. The number of rotatable bonds is 3. The molecule has 17 heavy (non-hydrogen) atoms. The van der Waals surface area contributed by atoms with Crippen LogP contribution in [0.5, 0.6) is 0 Å². The molecule has 0 saturated carbocycles. The minimum Gasteiger partial charge on any atom is -0.398 e. The van der Waals surface area contributed by atoms with Crippen LogP contribution in [0.2, 0.25) is 0 Å². The molecular weight excluding hydrogens is 214 g/mol. The number of pyridine rings is 1. The van der Waals surface area contributed by atoms with E-state index in [0.717, 1.165) is 19.5 Å². The van der Waals surface area contributed by atoms with Crippen molar-refractivity contribution in [3.8, 4) is 0 Å². The summed E-state index contributed by atoms with van der Waals surface area (Å²) in [5, 5.41) is 3.28. The number of nitrogen functional groups attached to an aromatic ring is 1. The van der Waals surface area contributed by atoms with E-state index in [1.54, 1.807) is 18.5 Å². The summed E-state index contributed by atoms with van der Waals surface area (Å²) >= 11 is 0. The zero-order valence-corrected chi connectivity index (χ0v) is 10.4. The van der Waals surface area contributed by atoms with Crippen LogP contribution in [0.25, 0.3) is 0 Å². The van der Waals surface area contributed by atoms with E-state index in [2.05, 4.69) is 24.1 Å². The van der Waals surface area contributed by atoms with Crippen molar-refractivity contribution >= 4 is 11.5 Å². The summed E-state index contributed by atoms with van der Waals surface area (Å²) < 4.78 is 0. The second kappa shape index (κ2) is 4.45. The van der Waals surface area contributed by atoms with Crippen molar-refractivity contribution < 1.29 is 4.79 Å². The molecule has 0 aromatic carbocycles. The maximum atomic E-state index is 12.7. The summed E-state index contributed by atoms with van der Waals surface area (Å²) in [5.41, 5.74) is 6.63. The molecule has 1 saturated heterocycles. The summed E-state index contributed by atoms with van der Waals surface area (Å²) in [6.07, 6.45) is 4.07. The molecule has 0 spiro atoms. The SMILES string of the molecule is CC(C)C1(C(=O)c2cnccc2N)CCNC1. The number of hydrogen-bond donors (Lipinski definition) is 2. The Morgan fingerprint density at radius 1 is 1.59 bits per heavy atom. The van der Waals surface area contributed by atoms with Crippen molar-refractivity contribution in [2.45, 2.75) is 20.3 Å². The molecule has 2 heterocycles. The van der Waals surface area contributed by atoms with E-state index in [1.807, 2.05) is 0 Å². The summed E-state index contributed by atoms with van der Waals surface area (Å²) in [6.45, 7) is 5.82. The summed E-state index contributed by atoms with van der Waals surface area (Å²) in [5.74, 6) is 0.424. The third-order valence-corrected chi connectivity index (χ3v) is 3.85. The zero-order valence-electron chi connectivity index (χ0n) is 10.4. The van der Waals surface area contributed by atoms with Crippen LogP contribution in [0.3, 0.4) is 0 Å². The Bertz CT molecular complexity index is 422. The molecule has 1 aromatic rings. The van der Waals surface area contributed by atoms with Gasteiger partial charge in [-0.15, -0.1) is 0 Å². The number of nitrogens with two attached hydrogens (primary N) is 1. The zero-order chi connectivity index (χ0) is 12.5. The van der Waals surface area contributed by atoms with Crippen molar-refractivity contribution in [2.24, 2.45) is 11.3 Å². The maximum absolute atomic E-state index is 12.7.